The van der Waals surface area contributed by atoms with Crippen LogP contribution >= 0.6 is 34.5 Å². The highest BCUT2D eigenvalue weighted by Gasteiger charge is 2.12. The van der Waals surface area contributed by atoms with E-state index in [1.54, 1.807) is 0 Å². The van der Waals surface area contributed by atoms with E-state index >= 15 is 0 Å². The van der Waals surface area contributed by atoms with Crippen LogP contribution in [0.5, 0.6) is 10.9 Å². The van der Waals surface area contributed by atoms with Gasteiger partial charge in [0.2, 0.25) is 0 Å². The van der Waals surface area contributed by atoms with Gasteiger partial charge in [0.05, 0.1) is 10.8 Å². The number of rotatable bonds is 4. The summed E-state index contributed by atoms with van der Waals surface area (Å²) in [6, 6.07) is 6.23. The molecule has 2 nitrogen and oxygen atoms in total. The summed E-state index contributed by atoms with van der Waals surface area (Å²) in [6.45, 7) is 6.32. The Morgan fingerprint density at radius 2 is 2.11 bits per heavy atom. The number of ether oxygens (including phenoxy) is 1. The highest BCUT2D eigenvalue weighted by atomic mass is 35.5. The highest BCUT2D eigenvalue weighted by molar-refractivity contribution is 7.14. The normalized spacial score (nSPS) is 11.1. The fourth-order valence-corrected chi connectivity index (χ4v) is 2.95. The molecule has 0 amide bonds. The van der Waals surface area contributed by atoms with Gasteiger partial charge in [-0.1, -0.05) is 48.9 Å². The second-order valence-corrected chi connectivity index (χ2v) is 6.28. The molecule has 5 heteroatoms. The molecule has 0 aliphatic carbocycles. The van der Waals surface area contributed by atoms with Gasteiger partial charge in [-0.3, -0.25) is 0 Å². The number of nitrogens with zero attached hydrogens (tertiary/aromatic N) is 1. The Kier molecular flexibility index (Phi) is 4.71. The molecule has 19 heavy (non-hydrogen) atoms. The molecule has 0 atom stereocenters. The first-order valence-corrected chi connectivity index (χ1v) is 7.73. The number of hydrogen-bond donors (Lipinski definition) is 0. The fraction of sp³-hybridized carbons (Fsp3) is 0.357. The zero-order valence-electron chi connectivity index (χ0n) is 11.0. The van der Waals surface area contributed by atoms with Crippen LogP contribution in [0.25, 0.3) is 0 Å². The Morgan fingerprint density at radius 3 is 2.68 bits per heavy atom. The number of hydrogen-bond acceptors (Lipinski definition) is 3. The van der Waals surface area contributed by atoms with E-state index in [-0.39, 0.29) is 0 Å². The van der Waals surface area contributed by atoms with Crippen molar-refractivity contribution in [2.24, 2.45) is 0 Å². The van der Waals surface area contributed by atoms with Crippen molar-refractivity contribution in [3.63, 3.8) is 0 Å². The van der Waals surface area contributed by atoms with E-state index in [0.29, 0.717) is 22.1 Å². The molecule has 0 unspecified atom stereocenters. The molecule has 0 N–H and O–H groups in total. The molecule has 0 saturated carbocycles. The lowest BCUT2D eigenvalue weighted by molar-refractivity contribution is 0.474. The third-order valence-corrected chi connectivity index (χ3v) is 4.61. The SMILES string of the molecule is Cc1ccc(C(C)C)cc1Oc1nc(Cl)c(CCl)s1. The van der Waals surface area contributed by atoms with Gasteiger partial charge < -0.3 is 4.74 Å². The molecule has 1 aromatic carbocycles. The Bertz CT molecular complexity index is 581. The van der Waals surface area contributed by atoms with Gasteiger partial charge in [0.1, 0.15) is 10.9 Å². The summed E-state index contributed by atoms with van der Waals surface area (Å²) in [5.41, 5.74) is 2.31. The molecule has 0 bridgehead atoms. The molecular weight excluding hydrogens is 301 g/mol. The lowest BCUT2D eigenvalue weighted by Crippen LogP contribution is -1.92. The van der Waals surface area contributed by atoms with E-state index in [1.807, 2.05) is 6.92 Å². The summed E-state index contributed by atoms with van der Waals surface area (Å²) in [5, 5.41) is 0.956. The van der Waals surface area contributed by atoms with Crippen LogP contribution < -0.4 is 4.74 Å². The van der Waals surface area contributed by atoms with Crippen molar-refractivity contribution in [1.82, 2.24) is 4.98 Å². The largest absolute Gasteiger partial charge is 0.431 e. The van der Waals surface area contributed by atoms with Crippen molar-refractivity contribution in [2.75, 3.05) is 0 Å². The lowest BCUT2D eigenvalue weighted by atomic mass is 10.0. The van der Waals surface area contributed by atoms with E-state index in [4.69, 9.17) is 27.9 Å². The molecule has 102 valence electrons. The molecular formula is C14H15Cl2NOS. The van der Waals surface area contributed by atoms with Crippen LogP contribution in [0.1, 0.15) is 35.8 Å². The minimum Gasteiger partial charge on any atom is -0.431 e. The van der Waals surface area contributed by atoms with Crippen molar-refractivity contribution in [2.45, 2.75) is 32.6 Å². The maximum Gasteiger partial charge on any atom is 0.280 e. The zero-order valence-corrected chi connectivity index (χ0v) is 13.4. The number of alkyl halides is 1. The Morgan fingerprint density at radius 1 is 1.37 bits per heavy atom. The summed E-state index contributed by atoms with van der Waals surface area (Å²) in [5.74, 6) is 1.63. The van der Waals surface area contributed by atoms with Crippen LogP contribution in [-0.2, 0) is 5.88 Å². The van der Waals surface area contributed by atoms with Gasteiger partial charge in [0.15, 0.2) is 0 Å². The predicted molar refractivity (Wildman–Crippen MR) is 82.0 cm³/mol. The number of aromatic nitrogens is 1. The molecule has 0 spiro atoms. The molecule has 0 radical (unpaired) electrons. The monoisotopic (exact) mass is 315 g/mol. The second-order valence-electron chi connectivity index (χ2n) is 4.61. The van der Waals surface area contributed by atoms with Gasteiger partial charge in [0, 0.05) is 0 Å². The average Bonchev–Trinajstić information content (AvgIpc) is 2.72. The predicted octanol–water partition coefficient (Wildman–Crippen LogP) is 5.76. The van der Waals surface area contributed by atoms with Crippen LogP contribution in [0.4, 0.5) is 0 Å². The first-order valence-electron chi connectivity index (χ1n) is 6.00. The van der Waals surface area contributed by atoms with E-state index in [1.165, 1.54) is 16.9 Å². The maximum atomic E-state index is 5.97. The Labute approximate surface area is 127 Å². The molecule has 1 heterocycles. The van der Waals surface area contributed by atoms with Crippen molar-refractivity contribution in [1.29, 1.82) is 0 Å². The zero-order chi connectivity index (χ0) is 14.0. The second kappa shape index (κ2) is 6.12. The van der Waals surface area contributed by atoms with Gasteiger partial charge in [-0.25, -0.2) is 0 Å². The van der Waals surface area contributed by atoms with Crippen molar-refractivity contribution in [3.05, 3.63) is 39.4 Å². The molecule has 0 fully saturated rings. The molecule has 2 rings (SSSR count). The summed E-state index contributed by atoms with van der Waals surface area (Å²) in [6.07, 6.45) is 0. The van der Waals surface area contributed by atoms with Gasteiger partial charge >= 0.3 is 0 Å². The molecule has 0 aliphatic heterocycles. The first-order chi connectivity index (χ1) is 9.01. The number of halogens is 2. The first kappa shape index (κ1) is 14.6. The third kappa shape index (κ3) is 3.41. The number of thiazole rings is 1. The topological polar surface area (TPSA) is 22.1 Å². The van der Waals surface area contributed by atoms with E-state index in [2.05, 4.69) is 37.0 Å². The molecule has 2 aromatic rings. The highest BCUT2D eigenvalue weighted by Crippen LogP contribution is 2.35. The molecule has 0 saturated heterocycles. The minimum atomic E-state index is 0.352. The molecule has 1 aromatic heterocycles. The minimum absolute atomic E-state index is 0.352. The summed E-state index contributed by atoms with van der Waals surface area (Å²) < 4.78 is 5.83. The van der Waals surface area contributed by atoms with Crippen LogP contribution in [0.3, 0.4) is 0 Å². The van der Waals surface area contributed by atoms with Crippen LogP contribution in [0.15, 0.2) is 18.2 Å². The Hall–Kier alpha value is -0.770. The van der Waals surface area contributed by atoms with Gasteiger partial charge in [0.25, 0.3) is 5.19 Å². The quantitative estimate of drug-likeness (QED) is 0.669. The van der Waals surface area contributed by atoms with E-state index in [0.717, 1.165) is 16.2 Å². The third-order valence-electron chi connectivity index (χ3n) is 2.83. The van der Waals surface area contributed by atoms with Gasteiger partial charge in [-0.05, 0) is 30.0 Å². The standard InChI is InChI=1S/C14H15Cl2NOS/c1-8(2)10-5-4-9(3)11(6-10)18-14-17-13(16)12(7-15)19-14/h4-6,8H,7H2,1-3H3. The average molecular weight is 316 g/mol. The van der Waals surface area contributed by atoms with Crippen molar-refractivity contribution in [3.8, 4) is 10.9 Å². The van der Waals surface area contributed by atoms with Crippen molar-refractivity contribution < 1.29 is 4.74 Å². The van der Waals surface area contributed by atoms with Crippen LogP contribution in [0.2, 0.25) is 5.15 Å². The van der Waals surface area contributed by atoms with Crippen molar-refractivity contribution >= 4 is 34.5 Å². The summed E-state index contributed by atoms with van der Waals surface area (Å²) in [7, 11) is 0. The number of benzene rings is 1. The van der Waals surface area contributed by atoms with Crippen LogP contribution in [0, 0.1) is 6.92 Å². The smallest absolute Gasteiger partial charge is 0.280 e. The van der Waals surface area contributed by atoms with Gasteiger partial charge in [-0.15, -0.1) is 11.6 Å². The van der Waals surface area contributed by atoms with E-state index < -0.39 is 0 Å². The molecule has 0 aliphatic rings. The van der Waals surface area contributed by atoms with E-state index in [9.17, 15) is 0 Å². The number of aryl methyl sites for hydroxylation is 1. The Balaban J connectivity index is 2.29. The summed E-state index contributed by atoms with van der Waals surface area (Å²) >= 11 is 13.1. The fourth-order valence-electron chi connectivity index (χ4n) is 1.62. The van der Waals surface area contributed by atoms with Gasteiger partial charge in [-0.2, -0.15) is 4.98 Å². The maximum absolute atomic E-state index is 5.97. The van der Waals surface area contributed by atoms with Crippen LogP contribution in [-0.4, -0.2) is 4.98 Å². The lowest BCUT2D eigenvalue weighted by Gasteiger charge is -2.10. The summed E-state index contributed by atoms with van der Waals surface area (Å²) in [4.78, 5) is 5.00.